The van der Waals surface area contributed by atoms with Crippen LogP contribution in [-0.4, -0.2) is 74.9 Å². The van der Waals surface area contributed by atoms with Gasteiger partial charge in [0.05, 0.1) is 20.3 Å². The highest BCUT2D eigenvalue weighted by Crippen LogP contribution is 2.43. The van der Waals surface area contributed by atoms with Crippen LogP contribution in [0, 0.1) is 0 Å². The number of ether oxygens (including phenoxy) is 3. The van der Waals surface area contributed by atoms with Crippen LogP contribution in [0.3, 0.4) is 0 Å². The molecule has 1 heterocycles. The molecule has 0 fully saturated rings. The fourth-order valence-electron chi connectivity index (χ4n) is 5.12. The van der Waals surface area contributed by atoms with E-state index in [1.807, 2.05) is 86.9 Å². The van der Waals surface area contributed by atoms with Gasteiger partial charge in [-0.3, -0.25) is 4.79 Å². The Bertz CT molecular complexity index is 1470. The highest BCUT2D eigenvalue weighted by atomic mass is 16.5. The lowest BCUT2D eigenvalue weighted by Crippen LogP contribution is -2.50. The summed E-state index contributed by atoms with van der Waals surface area (Å²) in [6, 6.07) is 22.4. The van der Waals surface area contributed by atoms with Crippen LogP contribution < -0.4 is 14.8 Å². The topological polar surface area (TPSA) is 141 Å². The average molecular weight is 601 g/mol. The van der Waals surface area contributed by atoms with Gasteiger partial charge in [-0.1, -0.05) is 41.5 Å². The summed E-state index contributed by atoms with van der Waals surface area (Å²) in [5.74, 6) is 1.35. The first-order valence-electron chi connectivity index (χ1n) is 14.7. The molecule has 1 amide bonds. The van der Waals surface area contributed by atoms with Crippen LogP contribution in [0.15, 0.2) is 82.9 Å². The van der Waals surface area contributed by atoms with Crippen LogP contribution in [0.2, 0.25) is 0 Å². The lowest BCUT2D eigenvalue weighted by Gasteiger charge is -2.31. The molecule has 11 heteroatoms. The van der Waals surface area contributed by atoms with Crippen LogP contribution in [0.1, 0.15) is 41.2 Å². The Balaban J connectivity index is 1.80. The molecule has 0 saturated heterocycles. The van der Waals surface area contributed by atoms with Gasteiger partial charge >= 0.3 is 0 Å². The molecule has 1 aliphatic heterocycles. The van der Waals surface area contributed by atoms with E-state index in [2.05, 4.69) is 20.2 Å². The maximum Gasteiger partial charge on any atom is 0.252 e. The Kier molecular flexibility index (Phi) is 11.6. The molecule has 2 atom stereocenters. The largest absolute Gasteiger partial charge is 0.497 e. The second-order valence-electron chi connectivity index (χ2n) is 10.8. The Hall–Kier alpha value is -4.57. The number of carbonyl (C=O) groups is 1. The number of aliphatic hydroxyl groups is 1. The predicted octanol–water partition coefficient (Wildman–Crippen LogP) is 4.83. The lowest BCUT2D eigenvalue weighted by atomic mass is 9.80. The summed E-state index contributed by atoms with van der Waals surface area (Å²) in [6.45, 7) is 1.89. The standard InChI is InChI=1S/C33H40N6O5/c1-39(2)18-7-17-35-32(41)33(22-26-9-4-5-10-27(26)23-36-38-34)30(25-11-6-12-29(21-25)42-3)44-31(37-33)24-13-15-28(16-14-24)43-20-8-19-40/h4-6,9-16,21,30,40H,7-8,17-20,22-23H2,1-3H3,(H,35,41)/t30-,33-/m1/s1. The quantitative estimate of drug-likeness (QED) is 0.104. The highest BCUT2D eigenvalue weighted by Gasteiger charge is 2.53. The monoisotopic (exact) mass is 600 g/mol. The van der Waals surface area contributed by atoms with Crippen LogP contribution in [0.4, 0.5) is 0 Å². The summed E-state index contributed by atoms with van der Waals surface area (Å²) < 4.78 is 17.8. The molecular weight excluding hydrogens is 560 g/mol. The first kappa shape index (κ1) is 32.3. The number of methoxy groups -OCH3 is 1. The SMILES string of the molecule is COc1cccc([C@H]2OC(c3ccc(OCCCO)cc3)=N[C@@]2(Cc2ccccc2CN=[N+]=[N-])C(=O)NCCCN(C)C)c1. The van der Waals surface area contributed by atoms with Crippen molar-refractivity contribution in [2.24, 2.45) is 10.1 Å². The number of hydrogen-bond donors (Lipinski definition) is 2. The summed E-state index contributed by atoms with van der Waals surface area (Å²) in [6.07, 6.45) is 0.723. The van der Waals surface area contributed by atoms with E-state index >= 15 is 0 Å². The van der Waals surface area contributed by atoms with E-state index in [-0.39, 0.29) is 25.5 Å². The number of rotatable bonds is 16. The van der Waals surface area contributed by atoms with Crippen LogP contribution in [0.5, 0.6) is 11.5 Å². The minimum atomic E-state index is -1.39. The van der Waals surface area contributed by atoms with Gasteiger partial charge in [0.15, 0.2) is 11.6 Å². The Labute approximate surface area is 258 Å². The van der Waals surface area contributed by atoms with E-state index in [0.717, 1.165) is 29.7 Å². The smallest absolute Gasteiger partial charge is 0.252 e. The number of hydrogen-bond acceptors (Lipinski definition) is 8. The molecule has 3 aromatic rings. The third-order valence-electron chi connectivity index (χ3n) is 7.38. The van der Waals surface area contributed by atoms with Crippen molar-refractivity contribution in [1.82, 2.24) is 10.2 Å². The first-order valence-corrected chi connectivity index (χ1v) is 14.7. The normalized spacial score (nSPS) is 17.4. The summed E-state index contributed by atoms with van der Waals surface area (Å²) in [5.41, 5.74) is 10.7. The maximum absolute atomic E-state index is 14.4. The van der Waals surface area contributed by atoms with E-state index in [0.29, 0.717) is 42.5 Å². The van der Waals surface area contributed by atoms with Crippen molar-refractivity contribution < 1.29 is 24.1 Å². The lowest BCUT2D eigenvalue weighted by molar-refractivity contribution is -0.128. The molecule has 0 spiro atoms. The zero-order valence-electron chi connectivity index (χ0n) is 25.5. The maximum atomic E-state index is 14.4. The molecule has 1 aliphatic rings. The molecule has 0 bridgehead atoms. The number of nitrogens with one attached hydrogen (secondary N) is 1. The molecule has 4 rings (SSSR count). The molecule has 44 heavy (non-hydrogen) atoms. The second-order valence-corrected chi connectivity index (χ2v) is 10.8. The van der Waals surface area contributed by atoms with Crippen molar-refractivity contribution >= 4 is 11.8 Å². The van der Waals surface area contributed by atoms with E-state index in [9.17, 15) is 4.79 Å². The van der Waals surface area contributed by atoms with Crippen molar-refractivity contribution in [3.8, 4) is 11.5 Å². The van der Waals surface area contributed by atoms with Crippen LogP contribution >= 0.6 is 0 Å². The number of benzene rings is 3. The number of aliphatic hydroxyl groups excluding tert-OH is 1. The molecule has 2 N–H and O–H groups in total. The predicted molar refractivity (Wildman–Crippen MR) is 169 cm³/mol. The van der Waals surface area contributed by atoms with Gasteiger partial charge in [-0.05, 0) is 85.7 Å². The molecule has 0 aromatic heterocycles. The molecule has 3 aromatic carbocycles. The van der Waals surface area contributed by atoms with Crippen molar-refractivity contribution in [3.63, 3.8) is 0 Å². The summed E-state index contributed by atoms with van der Waals surface area (Å²) >= 11 is 0. The number of amides is 1. The van der Waals surface area contributed by atoms with Crippen molar-refractivity contribution in [2.45, 2.75) is 37.5 Å². The van der Waals surface area contributed by atoms with Crippen LogP contribution in [0.25, 0.3) is 10.4 Å². The summed E-state index contributed by atoms with van der Waals surface area (Å²) in [7, 11) is 5.58. The number of carbonyl (C=O) groups excluding carboxylic acids is 1. The van der Waals surface area contributed by atoms with Gasteiger partial charge in [-0.25, -0.2) is 4.99 Å². The first-order chi connectivity index (χ1) is 21.4. The molecule has 0 aliphatic carbocycles. The van der Waals surface area contributed by atoms with Gasteiger partial charge in [0.2, 0.25) is 5.90 Å². The van der Waals surface area contributed by atoms with E-state index in [1.54, 1.807) is 7.11 Å². The van der Waals surface area contributed by atoms with Gasteiger partial charge < -0.3 is 29.5 Å². The molecule has 0 saturated carbocycles. The number of aliphatic imine (C=N–C) groups is 1. The molecule has 0 unspecified atom stereocenters. The second kappa shape index (κ2) is 15.8. The van der Waals surface area contributed by atoms with Crippen LogP contribution in [-0.2, 0) is 22.5 Å². The zero-order chi connectivity index (χ0) is 31.4. The fraction of sp³-hybridized carbons (Fsp3) is 0.394. The van der Waals surface area contributed by atoms with E-state index in [1.165, 1.54) is 0 Å². The summed E-state index contributed by atoms with van der Waals surface area (Å²) in [5, 5.41) is 16.0. The van der Waals surface area contributed by atoms with Crippen molar-refractivity contribution in [1.29, 1.82) is 0 Å². The van der Waals surface area contributed by atoms with Crippen molar-refractivity contribution in [2.75, 3.05) is 47.5 Å². The van der Waals surface area contributed by atoms with Gasteiger partial charge in [-0.15, -0.1) is 0 Å². The minimum absolute atomic E-state index is 0.0552. The number of azide groups is 1. The van der Waals surface area contributed by atoms with Gasteiger partial charge in [0, 0.05) is 36.5 Å². The Morgan fingerprint density at radius 1 is 1.09 bits per heavy atom. The van der Waals surface area contributed by atoms with Crippen molar-refractivity contribution in [3.05, 3.63) is 105 Å². The third-order valence-corrected chi connectivity index (χ3v) is 7.38. The van der Waals surface area contributed by atoms with Gasteiger partial charge in [-0.2, -0.15) is 0 Å². The average Bonchev–Trinajstić information content (AvgIpc) is 3.43. The zero-order valence-corrected chi connectivity index (χ0v) is 25.5. The highest BCUT2D eigenvalue weighted by molar-refractivity contribution is 6.01. The third kappa shape index (κ3) is 8.08. The fourth-order valence-corrected chi connectivity index (χ4v) is 5.12. The van der Waals surface area contributed by atoms with Gasteiger partial charge in [0.1, 0.15) is 11.5 Å². The Morgan fingerprint density at radius 3 is 2.57 bits per heavy atom. The summed E-state index contributed by atoms with van der Waals surface area (Å²) in [4.78, 5) is 24.5. The van der Waals surface area contributed by atoms with E-state index in [4.69, 9.17) is 29.8 Å². The van der Waals surface area contributed by atoms with E-state index < -0.39 is 11.6 Å². The molecule has 0 radical (unpaired) electrons. The Morgan fingerprint density at radius 2 is 1.86 bits per heavy atom. The van der Waals surface area contributed by atoms with Gasteiger partial charge in [0.25, 0.3) is 5.91 Å². The number of nitrogens with zero attached hydrogens (tertiary/aromatic N) is 5. The molecule has 232 valence electrons. The molecule has 11 nitrogen and oxygen atoms in total. The minimum Gasteiger partial charge on any atom is -0.497 e. The molecular formula is C33H40N6O5.